The molecule has 1 aliphatic heterocycles. The number of phenols is 1. The van der Waals surface area contributed by atoms with Gasteiger partial charge in [-0.1, -0.05) is 66.7 Å². The summed E-state index contributed by atoms with van der Waals surface area (Å²) in [5.41, 5.74) is 2.04. The number of carbonyl (C=O) groups excluding carboxylic acids is 2. The number of carbonyl (C=O) groups is 2. The highest BCUT2D eigenvalue weighted by Gasteiger charge is 2.63. The second kappa shape index (κ2) is 9.41. The lowest BCUT2D eigenvalue weighted by Gasteiger charge is -2.40. The number of nitrogens with zero attached hydrogens (tertiary/aromatic N) is 3. The molecular formula is C34H28ClN3O3S. The molecule has 2 amide bonds. The predicted octanol–water partition coefficient (Wildman–Crippen LogP) is 7.92. The summed E-state index contributed by atoms with van der Waals surface area (Å²) >= 11 is 7.86. The van der Waals surface area contributed by atoms with Gasteiger partial charge in [-0.25, -0.2) is 4.90 Å². The molecule has 0 spiro atoms. The van der Waals surface area contributed by atoms with E-state index in [1.165, 1.54) is 4.90 Å². The molecule has 1 N–H and O–H groups in total. The van der Waals surface area contributed by atoms with E-state index in [1.807, 2.05) is 80.6 Å². The Labute approximate surface area is 252 Å². The van der Waals surface area contributed by atoms with Crippen molar-refractivity contribution >= 4 is 61.4 Å². The van der Waals surface area contributed by atoms with E-state index in [9.17, 15) is 14.7 Å². The molecule has 1 saturated heterocycles. The summed E-state index contributed by atoms with van der Waals surface area (Å²) in [5.74, 6) is -1.18. The summed E-state index contributed by atoms with van der Waals surface area (Å²) in [6.07, 6.45) is 4.12. The van der Waals surface area contributed by atoms with Crippen molar-refractivity contribution in [3.63, 3.8) is 0 Å². The first-order valence-corrected chi connectivity index (χ1v) is 15.0. The minimum Gasteiger partial charge on any atom is -0.507 e. The van der Waals surface area contributed by atoms with Gasteiger partial charge in [-0.05, 0) is 60.4 Å². The Hall–Kier alpha value is -4.20. The lowest BCUT2D eigenvalue weighted by Crippen LogP contribution is -2.42. The van der Waals surface area contributed by atoms with Gasteiger partial charge in [0.1, 0.15) is 17.3 Å². The second-order valence-electron chi connectivity index (χ2n) is 11.3. The minimum absolute atomic E-state index is 0.120. The SMILES string of the molecule is C=CC1=CC[C@H]2C(=O)N(c3cc(-c4sc5ccc(Cl)cc5c4C)nn3C)C(=O)[C@@]2(C)[C@H]1c1ccc2ccccc2c1O. The van der Waals surface area contributed by atoms with Crippen molar-refractivity contribution in [2.24, 2.45) is 18.4 Å². The van der Waals surface area contributed by atoms with Crippen LogP contribution < -0.4 is 4.90 Å². The molecule has 3 aromatic carbocycles. The van der Waals surface area contributed by atoms with E-state index in [4.69, 9.17) is 16.7 Å². The first-order chi connectivity index (χ1) is 20.1. The number of amides is 2. The number of thiophene rings is 1. The number of aromatic nitrogens is 2. The average molecular weight is 594 g/mol. The van der Waals surface area contributed by atoms with E-state index in [-0.39, 0.29) is 17.6 Å². The van der Waals surface area contributed by atoms with E-state index in [1.54, 1.807) is 29.1 Å². The summed E-state index contributed by atoms with van der Waals surface area (Å²) in [7, 11) is 1.75. The van der Waals surface area contributed by atoms with Crippen LogP contribution in [0.5, 0.6) is 5.75 Å². The van der Waals surface area contributed by atoms with Crippen molar-refractivity contribution in [2.75, 3.05) is 4.90 Å². The summed E-state index contributed by atoms with van der Waals surface area (Å²) in [5, 5.41) is 19.5. The van der Waals surface area contributed by atoms with Crippen LogP contribution in [-0.2, 0) is 16.6 Å². The van der Waals surface area contributed by atoms with Crippen LogP contribution in [0, 0.1) is 18.3 Å². The van der Waals surface area contributed by atoms with Crippen LogP contribution in [0.1, 0.15) is 30.4 Å². The molecule has 2 aliphatic rings. The molecule has 1 aliphatic carbocycles. The summed E-state index contributed by atoms with van der Waals surface area (Å²) < 4.78 is 2.69. The maximum absolute atomic E-state index is 14.5. The second-order valence-corrected chi connectivity index (χ2v) is 12.8. The summed E-state index contributed by atoms with van der Waals surface area (Å²) in [4.78, 5) is 30.9. The fourth-order valence-electron chi connectivity index (χ4n) is 6.93. The van der Waals surface area contributed by atoms with E-state index in [0.29, 0.717) is 33.9 Å². The van der Waals surface area contributed by atoms with E-state index < -0.39 is 17.3 Å². The average Bonchev–Trinajstić information content (AvgIpc) is 3.58. The van der Waals surface area contributed by atoms with Gasteiger partial charge in [0.15, 0.2) is 0 Å². The van der Waals surface area contributed by atoms with E-state index >= 15 is 0 Å². The number of phenolic OH excluding ortho intramolecular Hbond substituents is 1. The van der Waals surface area contributed by atoms with Gasteiger partial charge in [0.2, 0.25) is 11.8 Å². The predicted molar refractivity (Wildman–Crippen MR) is 169 cm³/mol. The fraction of sp³-hybridized carbons (Fsp3) is 0.206. The zero-order valence-corrected chi connectivity index (χ0v) is 25.0. The zero-order valence-electron chi connectivity index (χ0n) is 23.4. The number of halogens is 1. The highest BCUT2D eigenvalue weighted by molar-refractivity contribution is 7.22. The number of imide groups is 1. The van der Waals surface area contributed by atoms with Gasteiger partial charge >= 0.3 is 0 Å². The molecule has 5 aromatic rings. The van der Waals surface area contributed by atoms with Crippen LogP contribution in [0.25, 0.3) is 31.4 Å². The molecule has 8 heteroatoms. The van der Waals surface area contributed by atoms with Crippen LogP contribution in [0.4, 0.5) is 5.82 Å². The summed E-state index contributed by atoms with van der Waals surface area (Å²) in [6, 6.07) is 19.0. The third-order valence-electron chi connectivity index (χ3n) is 9.12. The van der Waals surface area contributed by atoms with Gasteiger partial charge in [0.05, 0.1) is 16.2 Å². The number of fused-ring (bicyclic) bond motifs is 3. The van der Waals surface area contributed by atoms with Crippen LogP contribution in [-0.4, -0.2) is 26.7 Å². The molecule has 0 saturated carbocycles. The van der Waals surface area contributed by atoms with Crippen LogP contribution >= 0.6 is 22.9 Å². The van der Waals surface area contributed by atoms with Crippen molar-refractivity contribution in [2.45, 2.75) is 26.2 Å². The third kappa shape index (κ3) is 3.60. The van der Waals surface area contributed by atoms with Gasteiger partial charge in [0.25, 0.3) is 0 Å². The molecule has 6 nitrogen and oxygen atoms in total. The van der Waals surface area contributed by atoms with Crippen LogP contribution in [0.2, 0.25) is 5.02 Å². The van der Waals surface area contributed by atoms with E-state index in [2.05, 4.69) is 6.58 Å². The molecule has 210 valence electrons. The minimum atomic E-state index is -1.13. The maximum Gasteiger partial charge on any atom is 0.242 e. The molecule has 3 heterocycles. The van der Waals surface area contributed by atoms with Crippen molar-refractivity contribution in [1.29, 1.82) is 0 Å². The Balaban J connectivity index is 1.34. The maximum atomic E-state index is 14.5. The van der Waals surface area contributed by atoms with Gasteiger partial charge in [-0.15, -0.1) is 11.3 Å². The monoisotopic (exact) mass is 593 g/mol. The molecule has 1 fully saturated rings. The molecule has 0 unspecified atom stereocenters. The molecule has 0 radical (unpaired) electrons. The number of allylic oxidation sites excluding steroid dienone is 3. The summed E-state index contributed by atoms with van der Waals surface area (Å²) in [6.45, 7) is 7.90. The number of rotatable bonds is 4. The zero-order chi connectivity index (χ0) is 29.5. The highest BCUT2D eigenvalue weighted by Crippen LogP contribution is 2.58. The number of aryl methyl sites for hydroxylation is 2. The number of aromatic hydroxyl groups is 1. The first-order valence-electron chi connectivity index (χ1n) is 13.8. The largest absolute Gasteiger partial charge is 0.507 e. The van der Waals surface area contributed by atoms with Gasteiger partial charge in [0, 0.05) is 39.7 Å². The van der Waals surface area contributed by atoms with Crippen LogP contribution in [0.3, 0.4) is 0 Å². The van der Waals surface area contributed by atoms with Gasteiger partial charge in [-0.3, -0.25) is 14.3 Å². The Kier molecular flexibility index (Phi) is 5.98. The lowest BCUT2D eigenvalue weighted by atomic mass is 9.60. The molecule has 0 bridgehead atoms. The van der Waals surface area contributed by atoms with Crippen molar-refractivity contribution in [1.82, 2.24) is 9.78 Å². The highest BCUT2D eigenvalue weighted by atomic mass is 35.5. The third-order valence-corrected chi connectivity index (χ3v) is 10.7. The topological polar surface area (TPSA) is 75.4 Å². The van der Waals surface area contributed by atoms with Crippen LogP contribution in [0.15, 0.2) is 85.0 Å². The normalized spacial score (nSPS) is 22.2. The molecule has 7 rings (SSSR count). The van der Waals surface area contributed by atoms with Crippen molar-refractivity contribution in [3.05, 3.63) is 101 Å². The molecular weight excluding hydrogens is 566 g/mol. The Bertz CT molecular complexity index is 2020. The van der Waals surface area contributed by atoms with Gasteiger partial charge in [-0.2, -0.15) is 5.10 Å². The fourth-order valence-corrected chi connectivity index (χ4v) is 8.25. The Morgan fingerprint density at radius 2 is 1.90 bits per heavy atom. The Morgan fingerprint density at radius 3 is 2.69 bits per heavy atom. The van der Waals surface area contributed by atoms with Crippen molar-refractivity contribution < 1.29 is 14.7 Å². The quantitative estimate of drug-likeness (QED) is 0.215. The van der Waals surface area contributed by atoms with Gasteiger partial charge < -0.3 is 5.11 Å². The first kappa shape index (κ1) is 26.7. The number of hydrogen-bond donors (Lipinski definition) is 1. The van der Waals surface area contributed by atoms with Crippen molar-refractivity contribution in [3.8, 4) is 16.3 Å². The Morgan fingerprint density at radius 1 is 1.12 bits per heavy atom. The lowest BCUT2D eigenvalue weighted by molar-refractivity contribution is -0.127. The standard InChI is InChI=1S/C34H28ClN3O3S/c1-5-19-11-14-25-32(40)38(28-17-26(36-37(28)4)31-18(2)24-16-21(35)12-15-27(24)42-31)33(41)34(25,3)29(19)23-13-10-20-8-6-7-9-22(20)30(23)39/h5-13,15-17,25,29,39H,1,14H2,2-4H3/t25-,29+,34+/m0/s1. The molecule has 42 heavy (non-hydrogen) atoms. The molecule has 2 aromatic heterocycles. The smallest absolute Gasteiger partial charge is 0.242 e. The number of anilines is 1. The molecule has 3 atom stereocenters. The van der Waals surface area contributed by atoms with E-state index in [0.717, 1.165) is 31.5 Å². The number of hydrogen-bond acceptors (Lipinski definition) is 5. The number of benzene rings is 3.